The van der Waals surface area contributed by atoms with E-state index in [0.29, 0.717) is 33.5 Å². The Hall–Kier alpha value is -4.78. The van der Waals surface area contributed by atoms with Crippen molar-refractivity contribution >= 4 is 28.5 Å². The maximum atomic E-state index is 13.3. The molecule has 2 N–H and O–H groups in total. The summed E-state index contributed by atoms with van der Waals surface area (Å²) in [6.45, 7) is 3.73. The predicted molar refractivity (Wildman–Crippen MR) is 148 cm³/mol. The lowest BCUT2D eigenvalue weighted by molar-refractivity contribution is 0.0930. The number of anilines is 1. The van der Waals surface area contributed by atoms with Crippen LogP contribution in [0.15, 0.2) is 89.6 Å². The predicted octanol–water partition coefficient (Wildman–Crippen LogP) is 6.92. The number of carbonyl (C=O) groups is 2. The maximum Gasteiger partial charge on any atom is 0.259 e. The van der Waals surface area contributed by atoms with Gasteiger partial charge in [-0.05, 0) is 104 Å². The molecule has 6 rings (SSSR count). The summed E-state index contributed by atoms with van der Waals surface area (Å²) in [5, 5.41) is 6.69. The van der Waals surface area contributed by atoms with Crippen molar-refractivity contribution in [2.75, 3.05) is 5.32 Å². The highest BCUT2D eigenvalue weighted by Gasteiger charge is 2.46. The van der Waals surface area contributed by atoms with E-state index in [2.05, 4.69) is 15.6 Å². The van der Waals surface area contributed by atoms with E-state index in [-0.39, 0.29) is 23.2 Å². The van der Waals surface area contributed by atoms with Gasteiger partial charge < -0.3 is 15.1 Å². The highest BCUT2D eigenvalue weighted by Crippen LogP contribution is 2.45. The Morgan fingerprint density at radius 2 is 1.74 bits per heavy atom. The SMILES string of the molecule is Cc1ccc(C(=O)NC2(c3cccnc3)CC2)cc1-c1ccc2oc(C)c(C(=O)Nc3ccc(F)cc3)c2c1. The van der Waals surface area contributed by atoms with Crippen LogP contribution in [-0.4, -0.2) is 16.8 Å². The van der Waals surface area contributed by atoms with Crippen molar-refractivity contribution in [2.45, 2.75) is 32.2 Å². The van der Waals surface area contributed by atoms with E-state index in [1.165, 1.54) is 24.3 Å². The van der Waals surface area contributed by atoms with Gasteiger partial charge in [0.2, 0.25) is 0 Å². The molecule has 0 atom stereocenters. The van der Waals surface area contributed by atoms with Crippen LogP contribution >= 0.6 is 0 Å². The van der Waals surface area contributed by atoms with Gasteiger partial charge in [-0.1, -0.05) is 18.2 Å². The molecule has 1 aliphatic rings. The minimum atomic E-state index is -0.377. The van der Waals surface area contributed by atoms with Gasteiger partial charge in [0.05, 0.1) is 11.1 Å². The van der Waals surface area contributed by atoms with Gasteiger partial charge in [-0.3, -0.25) is 14.6 Å². The number of nitrogens with one attached hydrogen (secondary N) is 2. The third-order valence-electron chi connectivity index (χ3n) is 7.32. The third kappa shape index (κ3) is 4.68. The van der Waals surface area contributed by atoms with Gasteiger partial charge in [-0.25, -0.2) is 4.39 Å². The third-order valence-corrected chi connectivity index (χ3v) is 7.32. The lowest BCUT2D eigenvalue weighted by atomic mass is 9.95. The smallest absolute Gasteiger partial charge is 0.259 e. The van der Waals surface area contributed by atoms with Crippen molar-refractivity contribution in [2.24, 2.45) is 0 Å². The van der Waals surface area contributed by atoms with Crippen LogP contribution in [-0.2, 0) is 5.54 Å². The number of carbonyl (C=O) groups excluding carboxylic acids is 2. The van der Waals surface area contributed by atoms with Gasteiger partial charge in [0.25, 0.3) is 11.8 Å². The summed E-state index contributed by atoms with van der Waals surface area (Å²) in [7, 11) is 0. The molecule has 2 heterocycles. The zero-order chi connectivity index (χ0) is 27.1. The van der Waals surface area contributed by atoms with Gasteiger partial charge in [0.1, 0.15) is 17.2 Å². The molecule has 0 aliphatic heterocycles. The fraction of sp³-hybridized carbons (Fsp3) is 0.156. The Labute approximate surface area is 224 Å². The van der Waals surface area contributed by atoms with Crippen LogP contribution in [0.4, 0.5) is 10.1 Å². The van der Waals surface area contributed by atoms with Crippen molar-refractivity contribution in [1.82, 2.24) is 10.3 Å². The Kier molecular flexibility index (Phi) is 5.99. The number of nitrogens with zero attached hydrogens (tertiary/aromatic N) is 1. The van der Waals surface area contributed by atoms with Gasteiger partial charge in [-0.2, -0.15) is 0 Å². The molecule has 39 heavy (non-hydrogen) atoms. The molecule has 1 saturated carbocycles. The van der Waals surface area contributed by atoms with E-state index in [9.17, 15) is 14.0 Å². The van der Waals surface area contributed by atoms with E-state index in [1.54, 1.807) is 19.3 Å². The standard InChI is InChI=1S/C32H26FN3O3/c1-19-5-6-22(30(37)36-32(13-14-32)23-4-3-15-34-18-23)17-26(19)21-7-12-28-27(16-21)29(20(2)39-28)31(38)35-25-10-8-24(33)9-11-25/h3-12,15-18H,13-14H2,1-2H3,(H,35,38)(H,36,37). The number of halogens is 1. The molecule has 0 spiro atoms. The summed E-state index contributed by atoms with van der Waals surface area (Å²) in [6, 6.07) is 20.8. The van der Waals surface area contributed by atoms with Crippen LogP contribution in [0.2, 0.25) is 0 Å². The molecule has 2 aromatic heterocycles. The van der Waals surface area contributed by atoms with Crippen LogP contribution in [0.5, 0.6) is 0 Å². The molecule has 7 heteroatoms. The number of pyridine rings is 1. The fourth-order valence-corrected chi connectivity index (χ4v) is 5.02. The fourth-order valence-electron chi connectivity index (χ4n) is 5.02. The first kappa shape index (κ1) is 24.6. The summed E-state index contributed by atoms with van der Waals surface area (Å²) in [4.78, 5) is 30.7. The summed E-state index contributed by atoms with van der Waals surface area (Å²) in [5.74, 6) is -0.378. The molecule has 1 fully saturated rings. The number of rotatable bonds is 6. The number of fused-ring (bicyclic) bond motifs is 1. The second kappa shape index (κ2) is 9.51. The first-order chi connectivity index (χ1) is 18.8. The van der Waals surface area contributed by atoms with Gasteiger partial charge in [0.15, 0.2) is 0 Å². The second-order valence-electron chi connectivity index (χ2n) is 10.0. The van der Waals surface area contributed by atoms with E-state index in [0.717, 1.165) is 35.1 Å². The molecule has 0 bridgehead atoms. The van der Waals surface area contributed by atoms with Gasteiger partial charge >= 0.3 is 0 Å². The van der Waals surface area contributed by atoms with Crippen molar-refractivity contribution in [3.05, 3.63) is 119 Å². The Morgan fingerprint density at radius 1 is 0.949 bits per heavy atom. The molecule has 6 nitrogen and oxygen atoms in total. The molecular formula is C32H26FN3O3. The van der Waals surface area contributed by atoms with Crippen LogP contribution < -0.4 is 10.6 Å². The number of furan rings is 1. The van der Waals surface area contributed by atoms with Crippen LogP contribution in [0, 0.1) is 19.7 Å². The van der Waals surface area contributed by atoms with E-state index in [1.807, 2.05) is 55.5 Å². The lowest BCUT2D eigenvalue weighted by Gasteiger charge is -2.18. The van der Waals surface area contributed by atoms with E-state index in [4.69, 9.17) is 4.42 Å². The first-order valence-corrected chi connectivity index (χ1v) is 12.8. The molecule has 1 aliphatic carbocycles. The van der Waals surface area contributed by atoms with Crippen LogP contribution in [0.3, 0.4) is 0 Å². The maximum absolute atomic E-state index is 13.3. The number of amides is 2. The molecule has 0 radical (unpaired) electrons. The Morgan fingerprint density at radius 3 is 2.46 bits per heavy atom. The monoisotopic (exact) mass is 519 g/mol. The molecular weight excluding hydrogens is 493 g/mol. The van der Waals surface area contributed by atoms with Crippen molar-refractivity contribution < 1.29 is 18.4 Å². The zero-order valence-electron chi connectivity index (χ0n) is 21.5. The van der Waals surface area contributed by atoms with E-state index < -0.39 is 0 Å². The zero-order valence-corrected chi connectivity index (χ0v) is 21.5. The first-order valence-electron chi connectivity index (χ1n) is 12.8. The normalized spacial score (nSPS) is 13.7. The lowest BCUT2D eigenvalue weighted by Crippen LogP contribution is -2.34. The molecule has 194 valence electrons. The number of aryl methyl sites for hydroxylation is 2. The summed E-state index contributed by atoms with van der Waals surface area (Å²) < 4.78 is 19.2. The van der Waals surface area contributed by atoms with E-state index >= 15 is 0 Å². The summed E-state index contributed by atoms with van der Waals surface area (Å²) in [5.41, 5.74) is 5.43. The minimum absolute atomic E-state index is 0.141. The second-order valence-corrected chi connectivity index (χ2v) is 10.0. The summed E-state index contributed by atoms with van der Waals surface area (Å²) in [6.07, 6.45) is 5.29. The molecule has 0 unspecified atom stereocenters. The molecule has 0 saturated heterocycles. The Balaban J connectivity index is 1.31. The number of hydrogen-bond acceptors (Lipinski definition) is 4. The van der Waals surface area contributed by atoms with Crippen molar-refractivity contribution in [3.8, 4) is 11.1 Å². The molecule has 3 aromatic carbocycles. The molecule has 5 aromatic rings. The minimum Gasteiger partial charge on any atom is -0.461 e. The Bertz CT molecular complexity index is 1720. The number of aromatic nitrogens is 1. The van der Waals surface area contributed by atoms with Crippen molar-refractivity contribution in [3.63, 3.8) is 0 Å². The average Bonchev–Trinajstić information content (AvgIpc) is 3.64. The van der Waals surface area contributed by atoms with Gasteiger partial charge in [0, 0.05) is 29.0 Å². The largest absolute Gasteiger partial charge is 0.461 e. The topological polar surface area (TPSA) is 84.2 Å². The van der Waals surface area contributed by atoms with Crippen LogP contribution in [0.25, 0.3) is 22.1 Å². The average molecular weight is 520 g/mol. The highest BCUT2D eigenvalue weighted by molar-refractivity contribution is 6.14. The number of hydrogen-bond donors (Lipinski definition) is 2. The molecule has 2 amide bonds. The van der Waals surface area contributed by atoms with Gasteiger partial charge in [-0.15, -0.1) is 0 Å². The quantitative estimate of drug-likeness (QED) is 0.255. The number of benzene rings is 3. The van der Waals surface area contributed by atoms with Crippen LogP contribution in [0.1, 0.15) is 50.4 Å². The highest BCUT2D eigenvalue weighted by atomic mass is 19.1. The summed E-state index contributed by atoms with van der Waals surface area (Å²) >= 11 is 0. The van der Waals surface area contributed by atoms with Crippen molar-refractivity contribution in [1.29, 1.82) is 0 Å².